The Morgan fingerprint density at radius 1 is 1.57 bits per heavy atom. The van der Waals surface area contributed by atoms with Crippen LogP contribution in [-0.4, -0.2) is 41.6 Å². The molecule has 2 atom stereocenters. The van der Waals surface area contributed by atoms with Crippen LogP contribution in [0.15, 0.2) is 0 Å². The molecule has 1 aliphatic heterocycles. The normalized spacial score (nSPS) is 31.2. The number of thioether (sulfide) groups is 1. The smallest absolute Gasteiger partial charge is 0.410 e. The number of rotatable bonds is 2. The van der Waals surface area contributed by atoms with Crippen LogP contribution in [-0.2, 0) is 9.53 Å². The standard InChI is InChI=1S/C9H13NO3S/c1-14-8(11)6-2-3-7(6)10-4-5-13-9(10)12/h6-7H,2-5H2,1H3. The Kier molecular flexibility index (Phi) is 2.67. The van der Waals surface area contributed by atoms with Gasteiger partial charge in [-0.25, -0.2) is 4.79 Å². The Morgan fingerprint density at radius 2 is 2.36 bits per heavy atom. The molecule has 0 aromatic carbocycles. The summed E-state index contributed by atoms with van der Waals surface area (Å²) in [5.41, 5.74) is 0. The van der Waals surface area contributed by atoms with E-state index in [0.717, 1.165) is 12.8 Å². The number of carbonyl (C=O) groups excluding carboxylic acids is 2. The molecule has 1 saturated carbocycles. The molecule has 1 aliphatic carbocycles. The quantitative estimate of drug-likeness (QED) is 0.692. The van der Waals surface area contributed by atoms with Crippen LogP contribution in [0.2, 0.25) is 0 Å². The zero-order valence-corrected chi connectivity index (χ0v) is 8.88. The van der Waals surface area contributed by atoms with Crippen molar-refractivity contribution in [1.82, 2.24) is 4.90 Å². The molecule has 0 N–H and O–H groups in total. The maximum atomic E-state index is 11.5. The average molecular weight is 215 g/mol. The van der Waals surface area contributed by atoms with Gasteiger partial charge in [0, 0.05) is 12.0 Å². The van der Waals surface area contributed by atoms with Crippen molar-refractivity contribution >= 4 is 23.0 Å². The van der Waals surface area contributed by atoms with Crippen LogP contribution < -0.4 is 0 Å². The molecule has 1 amide bonds. The molecule has 78 valence electrons. The molecule has 1 heterocycles. The van der Waals surface area contributed by atoms with E-state index in [-0.39, 0.29) is 23.2 Å². The third-order valence-electron chi connectivity index (χ3n) is 2.93. The lowest BCUT2D eigenvalue weighted by molar-refractivity contribution is -0.119. The molecule has 4 nitrogen and oxygen atoms in total. The van der Waals surface area contributed by atoms with Gasteiger partial charge in [-0.2, -0.15) is 0 Å². The fraction of sp³-hybridized carbons (Fsp3) is 0.778. The molecule has 5 heteroatoms. The van der Waals surface area contributed by atoms with Crippen LogP contribution in [0.4, 0.5) is 4.79 Å². The van der Waals surface area contributed by atoms with Gasteiger partial charge < -0.3 is 9.64 Å². The first-order chi connectivity index (χ1) is 6.74. The van der Waals surface area contributed by atoms with Gasteiger partial charge in [0.1, 0.15) is 6.61 Å². The van der Waals surface area contributed by atoms with Gasteiger partial charge >= 0.3 is 6.09 Å². The molecule has 0 bridgehead atoms. The fourth-order valence-electron chi connectivity index (χ4n) is 1.99. The highest BCUT2D eigenvalue weighted by atomic mass is 32.2. The number of hydrogen-bond donors (Lipinski definition) is 0. The third-order valence-corrected chi connectivity index (χ3v) is 3.64. The summed E-state index contributed by atoms with van der Waals surface area (Å²) in [6, 6.07) is 0.102. The lowest BCUT2D eigenvalue weighted by Gasteiger charge is -2.39. The molecule has 2 fully saturated rings. The van der Waals surface area contributed by atoms with Gasteiger partial charge in [0.05, 0.1) is 6.54 Å². The van der Waals surface area contributed by atoms with Crippen molar-refractivity contribution < 1.29 is 14.3 Å². The summed E-state index contributed by atoms with van der Waals surface area (Å²) in [5.74, 6) is 0.0376. The van der Waals surface area contributed by atoms with E-state index in [9.17, 15) is 9.59 Å². The van der Waals surface area contributed by atoms with Crippen LogP contribution >= 0.6 is 11.8 Å². The minimum atomic E-state index is -0.256. The Labute approximate surface area is 87.0 Å². The highest BCUT2D eigenvalue weighted by molar-refractivity contribution is 8.13. The van der Waals surface area contributed by atoms with E-state index in [1.807, 2.05) is 0 Å². The molecule has 2 rings (SSSR count). The highest BCUT2D eigenvalue weighted by Crippen LogP contribution is 2.36. The second kappa shape index (κ2) is 3.81. The third kappa shape index (κ3) is 1.49. The number of cyclic esters (lactones) is 1. The SMILES string of the molecule is CSC(=O)C1CCC1N1CCOC1=O. The van der Waals surface area contributed by atoms with Gasteiger partial charge in [0.15, 0.2) is 5.12 Å². The predicted octanol–water partition coefficient (Wildman–Crippen LogP) is 1.11. The van der Waals surface area contributed by atoms with E-state index in [1.165, 1.54) is 11.8 Å². The summed E-state index contributed by atoms with van der Waals surface area (Å²) in [6.45, 7) is 1.11. The Morgan fingerprint density at radius 3 is 2.79 bits per heavy atom. The molecule has 0 aromatic heterocycles. The molecule has 1 saturated heterocycles. The van der Waals surface area contributed by atoms with Gasteiger partial charge in [0.25, 0.3) is 0 Å². The summed E-state index contributed by atoms with van der Waals surface area (Å²) in [4.78, 5) is 24.4. The Hall–Kier alpha value is -0.710. The first-order valence-corrected chi connectivity index (χ1v) is 5.97. The maximum absolute atomic E-state index is 11.5. The summed E-state index contributed by atoms with van der Waals surface area (Å²) in [6.07, 6.45) is 3.38. The average Bonchev–Trinajstić information content (AvgIpc) is 2.50. The Balaban J connectivity index is 1.98. The Bertz CT molecular complexity index is 269. The van der Waals surface area contributed by atoms with E-state index in [1.54, 1.807) is 11.2 Å². The zero-order chi connectivity index (χ0) is 10.1. The largest absolute Gasteiger partial charge is 0.448 e. The van der Waals surface area contributed by atoms with E-state index < -0.39 is 0 Å². The number of hydrogen-bond acceptors (Lipinski definition) is 4. The van der Waals surface area contributed by atoms with E-state index in [2.05, 4.69) is 0 Å². The monoisotopic (exact) mass is 215 g/mol. The number of nitrogens with zero attached hydrogens (tertiary/aromatic N) is 1. The molecule has 0 aromatic rings. The van der Waals surface area contributed by atoms with Gasteiger partial charge in [-0.3, -0.25) is 4.79 Å². The van der Waals surface area contributed by atoms with Crippen molar-refractivity contribution in [1.29, 1.82) is 0 Å². The van der Waals surface area contributed by atoms with Crippen LogP contribution in [0.3, 0.4) is 0 Å². The highest BCUT2D eigenvalue weighted by Gasteiger charge is 2.43. The lowest BCUT2D eigenvalue weighted by atomic mass is 9.79. The van der Waals surface area contributed by atoms with Gasteiger partial charge in [-0.15, -0.1) is 0 Å². The van der Waals surface area contributed by atoms with E-state index in [4.69, 9.17) is 4.74 Å². The number of amides is 1. The molecule has 0 spiro atoms. The second-order valence-electron chi connectivity index (χ2n) is 3.58. The van der Waals surface area contributed by atoms with Crippen molar-refractivity contribution in [2.24, 2.45) is 5.92 Å². The van der Waals surface area contributed by atoms with Gasteiger partial charge in [-0.1, -0.05) is 11.8 Å². The minimum absolute atomic E-state index is 0.0376. The van der Waals surface area contributed by atoms with Crippen molar-refractivity contribution in [2.45, 2.75) is 18.9 Å². The lowest BCUT2D eigenvalue weighted by Crippen LogP contribution is -2.49. The van der Waals surface area contributed by atoms with Crippen molar-refractivity contribution in [3.05, 3.63) is 0 Å². The number of carbonyl (C=O) groups is 2. The molecule has 14 heavy (non-hydrogen) atoms. The second-order valence-corrected chi connectivity index (χ2v) is 4.39. The first kappa shape index (κ1) is 9.83. The van der Waals surface area contributed by atoms with Crippen molar-refractivity contribution in [2.75, 3.05) is 19.4 Å². The van der Waals surface area contributed by atoms with Gasteiger partial charge in [-0.05, 0) is 19.1 Å². The predicted molar refractivity (Wildman–Crippen MR) is 53.1 cm³/mol. The van der Waals surface area contributed by atoms with Crippen LogP contribution in [0.1, 0.15) is 12.8 Å². The number of ether oxygens (including phenoxy) is 1. The molecular weight excluding hydrogens is 202 g/mol. The zero-order valence-electron chi connectivity index (χ0n) is 8.06. The summed E-state index contributed by atoms with van der Waals surface area (Å²) < 4.78 is 4.85. The maximum Gasteiger partial charge on any atom is 0.410 e. The molecule has 0 radical (unpaired) electrons. The topological polar surface area (TPSA) is 46.6 Å². The minimum Gasteiger partial charge on any atom is -0.448 e. The van der Waals surface area contributed by atoms with Crippen LogP contribution in [0.5, 0.6) is 0 Å². The van der Waals surface area contributed by atoms with Gasteiger partial charge in [0.2, 0.25) is 0 Å². The van der Waals surface area contributed by atoms with Crippen LogP contribution in [0.25, 0.3) is 0 Å². The first-order valence-electron chi connectivity index (χ1n) is 4.75. The fourth-order valence-corrected chi connectivity index (χ4v) is 2.57. The van der Waals surface area contributed by atoms with Crippen molar-refractivity contribution in [3.8, 4) is 0 Å². The molecular formula is C9H13NO3S. The van der Waals surface area contributed by atoms with E-state index in [0.29, 0.717) is 13.2 Å². The van der Waals surface area contributed by atoms with E-state index >= 15 is 0 Å². The van der Waals surface area contributed by atoms with Crippen LogP contribution in [0, 0.1) is 5.92 Å². The molecule has 2 aliphatic rings. The summed E-state index contributed by atoms with van der Waals surface area (Å²) >= 11 is 1.25. The summed E-state index contributed by atoms with van der Waals surface area (Å²) in [7, 11) is 0. The van der Waals surface area contributed by atoms with Crippen molar-refractivity contribution in [3.63, 3.8) is 0 Å². The summed E-state index contributed by atoms with van der Waals surface area (Å²) in [5, 5.41) is 0.195. The molecule has 2 unspecified atom stereocenters.